The number of aryl methyl sites for hydroxylation is 2. The summed E-state index contributed by atoms with van der Waals surface area (Å²) in [6, 6.07) is 24.2. The van der Waals surface area contributed by atoms with Crippen molar-refractivity contribution >= 4 is 55.8 Å². The van der Waals surface area contributed by atoms with Gasteiger partial charge in [-0.05, 0) is 73.0 Å². The Bertz CT molecular complexity index is 1480. The molecule has 0 spiro atoms. The van der Waals surface area contributed by atoms with E-state index in [0.717, 1.165) is 56.9 Å². The predicted octanol–water partition coefficient (Wildman–Crippen LogP) is 7.46. The summed E-state index contributed by atoms with van der Waals surface area (Å²) in [5, 5.41) is 0.807. The minimum atomic E-state index is -0.221. The van der Waals surface area contributed by atoms with Gasteiger partial charge in [0.1, 0.15) is 12.4 Å². The van der Waals surface area contributed by atoms with Crippen molar-refractivity contribution in [2.75, 3.05) is 13.2 Å². The monoisotopic (exact) mass is 574 g/mol. The van der Waals surface area contributed by atoms with Crippen LogP contribution < -0.4 is 4.74 Å². The van der Waals surface area contributed by atoms with Crippen LogP contribution in [0.2, 0.25) is 0 Å². The quantitative estimate of drug-likeness (QED) is 0.195. The molecule has 1 aliphatic heterocycles. The molecule has 1 aliphatic rings. The number of amides is 2. The summed E-state index contributed by atoms with van der Waals surface area (Å²) in [5.74, 6) is 0.657. The fourth-order valence-corrected chi connectivity index (χ4v) is 5.71. The largest absolute Gasteiger partial charge is 0.491 e. The van der Waals surface area contributed by atoms with E-state index in [1.54, 1.807) is 0 Å². The summed E-state index contributed by atoms with van der Waals surface area (Å²) in [6.07, 6.45) is 5.44. The van der Waals surface area contributed by atoms with Crippen LogP contribution in [0.1, 0.15) is 23.1 Å². The first-order valence-corrected chi connectivity index (χ1v) is 13.9. The second-order valence-electron chi connectivity index (χ2n) is 8.98. The van der Waals surface area contributed by atoms with Crippen molar-refractivity contribution in [3.8, 4) is 5.75 Å². The van der Waals surface area contributed by atoms with Gasteiger partial charge in [-0.3, -0.25) is 14.5 Å². The van der Waals surface area contributed by atoms with Crippen LogP contribution in [-0.2, 0) is 17.8 Å². The second-order valence-corrected chi connectivity index (χ2v) is 10.9. The number of aromatic nitrogens is 1. The number of carbonyl (C=O) groups excluding carboxylic acids is 2. The first-order chi connectivity index (χ1) is 18.0. The van der Waals surface area contributed by atoms with E-state index in [1.807, 2.05) is 73.8 Å². The minimum Gasteiger partial charge on any atom is -0.491 e. The molecule has 3 aromatic carbocycles. The fourth-order valence-electron chi connectivity index (χ4n) is 4.49. The lowest BCUT2D eigenvalue weighted by atomic mass is 10.1. The van der Waals surface area contributed by atoms with Gasteiger partial charge >= 0.3 is 0 Å². The molecule has 1 saturated heterocycles. The second kappa shape index (κ2) is 11.4. The minimum absolute atomic E-state index is 0.208. The zero-order chi connectivity index (χ0) is 25.8. The summed E-state index contributed by atoms with van der Waals surface area (Å²) in [5.41, 5.74) is 4.26. The predicted molar refractivity (Wildman–Crippen MR) is 154 cm³/mol. The summed E-state index contributed by atoms with van der Waals surface area (Å²) < 4.78 is 9.11. The molecule has 2 amide bonds. The van der Waals surface area contributed by atoms with Crippen LogP contribution in [0.5, 0.6) is 5.75 Å². The highest BCUT2D eigenvalue weighted by molar-refractivity contribution is 9.10. The Morgan fingerprint density at radius 2 is 1.76 bits per heavy atom. The number of thioether (sulfide) groups is 1. The summed E-state index contributed by atoms with van der Waals surface area (Å²) in [4.78, 5) is 27.6. The zero-order valence-electron chi connectivity index (χ0n) is 20.5. The van der Waals surface area contributed by atoms with Gasteiger partial charge in [0.05, 0.1) is 11.4 Å². The van der Waals surface area contributed by atoms with E-state index in [0.29, 0.717) is 24.6 Å². The van der Waals surface area contributed by atoms with E-state index in [4.69, 9.17) is 4.74 Å². The third-order valence-electron chi connectivity index (χ3n) is 6.41. The van der Waals surface area contributed by atoms with Crippen molar-refractivity contribution in [2.24, 2.45) is 0 Å². The van der Waals surface area contributed by atoms with Gasteiger partial charge in [-0.2, -0.15) is 0 Å². The number of hydrogen-bond donors (Lipinski definition) is 0. The average Bonchev–Trinajstić information content (AvgIpc) is 3.37. The van der Waals surface area contributed by atoms with Gasteiger partial charge in [0.25, 0.3) is 11.1 Å². The molecule has 2 heterocycles. The number of imide groups is 1. The Hall–Kier alpha value is -3.29. The molecule has 37 heavy (non-hydrogen) atoms. The Kier molecular flexibility index (Phi) is 7.82. The van der Waals surface area contributed by atoms with Crippen molar-refractivity contribution in [3.05, 3.63) is 105 Å². The Balaban J connectivity index is 1.32. The molecule has 5 nitrogen and oxygen atoms in total. The number of para-hydroxylation sites is 1. The molecule has 4 aromatic rings. The van der Waals surface area contributed by atoms with Gasteiger partial charge in [0.2, 0.25) is 0 Å². The third-order valence-corrected chi connectivity index (χ3v) is 7.81. The van der Waals surface area contributed by atoms with Crippen LogP contribution in [0.4, 0.5) is 4.79 Å². The van der Waals surface area contributed by atoms with E-state index in [1.165, 1.54) is 10.5 Å². The van der Waals surface area contributed by atoms with Crippen LogP contribution >= 0.6 is 27.7 Å². The van der Waals surface area contributed by atoms with Crippen molar-refractivity contribution in [3.63, 3.8) is 0 Å². The number of ether oxygens (including phenoxy) is 1. The number of carbonyl (C=O) groups is 2. The van der Waals surface area contributed by atoms with Crippen molar-refractivity contribution in [1.29, 1.82) is 0 Å². The van der Waals surface area contributed by atoms with Gasteiger partial charge < -0.3 is 9.30 Å². The molecule has 188 valence electrons. The molecule has 0 atom stereocenters. The lowest BCUT2D eigenvalue weighted by molar-refractivity contribution is -0.122. The van der Waals surface area contributed by atoms with Gasteiger partial charge in [-0.15, -0.1) is 0 Å². The van der Waals surface area contributed by atoms with Crippen molar-refractivity contribution < 1.29 is 14.3 Å². The highest BCUT2D eigenvalue weighted by Gasteiger charge is 2.34. The number of rotatable bonds is 9. The number of halogens is 1. The topological polar surface area (TPSA) is 51.5 Å². The molecule has 7 heteroatoms. The molecule has 0 aliphatic carbocycles. The molecule has 5 rings (SSSR count). The van der Waals surface area contributed by atoms with Crippen LogP contribution in [0.15, 0.2) is 88.4 Å². The molecule has 1 aromatic heterocycles. The highest BCUT2D eigenvalue weighted by Crippen LogP contribution is 2.35. The van der Waals surface area contributed by atoms with E-state index < -0.39 is 0 Å². The van der Waals surface area contributed by atoms with E-state index >= 15 is 0 Å². The van der Waals surface area contributed by atoms with Crippen molar-refractivity contribution in [2.45, 2.75) is 26.3 Å². The van der Waals surface area contributed by atoms with Crippen LogP contribution in [0, 0.1) is 6.92 Å². The van der Waals surface area contributed by atoms with Gasteiger partial charge in [0, 0.05) is 33.7 Å². The maximum Gasteiger partial charge on any atom is 0.293 e. The first-order valence-electron chi connectivity index (χ1n) is 12.3. The van der Waals surface area contributed by atoms with Crippen LogP contribution in [0.3, 0.4) is 0 Å². The van der Waals surface area contributed by atoms with E-state index in [2.05, 4.69) is 38.7 Å². The molecule has 0 N–H and O–H groups in total. The maximum atomic E-state index is 13.1. The first kappa shape index (κ1) is 25.4. The number of hydrogen-bond acceptors (Lipinski definition) is 4. The molecule has 0 radical (unpaired) electrons. The Morgan fingerprint density at radius 1 is 0.973 bits per heavy atom. The van der Waals surface area contributed by atoms with Crippen molar-refractivity contribution in [1.82, 2.24) is 9.47 Å². The number of fused-ring (bicyclic) bond motifs is 1. The number of nitrogens with zero attached hydrogens (tertiary/aromatic N) is 2. The van der Waals surface area contributed by atoms with Gasteiger partial charge in [0.15, 0.2) is 0 Å². The Labute approximate surface area is 229 Å². The zero-order valence-corrected chi connectivity index (χ0v) is 22.9. The van der Waals surface area contributed by atoms with Crippen LogP contribution in [0.25, 0.3) is 17.0 Å². The average molecular weight is 576 g/mol. The van der Waals surface area contributed by atoms with Gasteiger partial charge in [-0.25, -0.2) is 0 Å². The lowest BCUT2D eigenvalue weighted by Gasteiger charge is -2.12. The standard InChI is InChI=1S/C30H27BrN2O3S/c1-21-8-5-6-12-27(21)36-17-16-32-20-23(25-19-24(31)13-14-26(25)32)18-28-29(34)33(30(35)37-28)15-7-11-22-9-3-2-4-10-22/h2-6,8-10,12-14,18-20H,7,11,15-17H2,1H3/b28-18-. The van der Waals surface area contributed by atoms with E-state index in [-0.39, 0.29) is 11.1 Å². The summed E-state index contributed by atoms with van der Waals surface area (Å²) in [6.45, 7) is 3.62. The lowest BCUT2D eigenvalue weighted by Crippen LogP contribution is -2.29. The summed E-state index contributed by atoms with van der Waals surface area (Å²) in [7, 11) is 0. The third kappa shape index (κ3) is 5.84. The normalized spacial score (nSPS) is 14.8. The Morgan fingerprint density at radius 3 is 2.57 bits per heavy atom. The molecular weight excluding hydrogens is 548 g/mol. The molecule has 0 saturated carbocycles. The molecule has 0 unspecified atom stereocenters. The van der Waals surface area contributed by atoms with E-state index in [9.17, 15) is 9.59 Å². The highest BCUT2D eigenvalue weighted by atomic mass is 79.9. The fraction of sp³-hybridized carbons (Fsp3) is 0.200. The number of benzene rings is 3. The van der Waals surface area contributed by atoms with Crippen LogP contribution in [-0.4, -0.2) is 33.8 Å². The smallest absolute Gasteiger partial charge is 0.293 e. The summed E-state index contributed by atoms with van der Waals surface area (Å²) >= 11 is 4.58. The SMILES string of the molecule is Cc1ccccc1OCCn1cc(/C=C2\SC(=O)N(CCCc3ccccc3)C2=O)c2cc(Br)ccc21. The van der Waals surface area contributed by atoms with Gasteiger partial charge in [-0.1, -0.05) is 64.5 Å². The molecule has 1 fully saturated rings. The maximum absolute atomic E-state index is 13.1. The molecule has 0 bridgehead atoms. The molecular formula is C30H27BrN2O3S.